The molecular formula is C20H22BF2N3O4. The van der Waals surface area contributed by atoms with Crippen LogP contribution in [0, 0.1) is 13.8 Å². The van der Waals surface area contributed by atoms with Crippen LogP contribution in [0.15, 0.2) is 28.4 Å². The third kappa shape index (κ3) is 4.12. The van der Waals surface area contributed by atoms with Crippen LogP contribution in [0.4, 0.5) is 8.63 Å². The Labute approximate surface area is 173 Å². The highest BCUT2D eigenvalue weighted by Crippen LogP contribution is 2.35. The Morgan fingerprint density at radius 2 is 1.77 bits per heavy atom. The minimum Gasteiger partial charge on any atom is -0.330 e. The van der Waals surface area contributed by atoms with Gasteiger partial charge in [-0.3, -0.25) is 23.2 Å². The minimum absolute atomic E-state index is 0.000228. The number of aromatic nitrogens is 1. The third-order valence-electron chi connectivity index (χ3n) is 5.05. The summed E-state index contributed by atoms with van der Waals surface area (Å²) in [7, 11) is -2.76. The smallest absolute Gasteiger partial charge is 0.330 e. The van der Waals surface area contributed by atoms with Crippen molar-refractivity contribution in [3.05, 3.63) is 40.4 Å². The number of rotatable bonds is 6. The molecule has 2 aliphatic rings. The number of hydrogen-bond acceptors (Lipinski definition) is 5. The van der Waals surface area contributed by atoms with E-state index in [1.807, 2.05) is 13.0 Å². The number of hydroxylamine groups is 2. The van der Waals surface area contributed by atoms with Crippen LogP contribution >= 0.6 is 0 Å². The third-order valence-corrected chi connectivity index (χ3v) is 5.05. The Morgan fingerprint density at radius 1 is 1.13 bits per heavy atom. The van der Waals surface area contributed by atoms with Gasteiger partial charge in [-0.05, 0) is 57.4 Å². The van der Waals surface area contributed by atoms with Crippen LogP contribution in [0.1, 0.15) is 56.5 Å². The summed E-state index contributed by atoms with van der Waals surface area (Å²) in [4.78, 5) is 45.0. The van der Waals surface area contributed by atoms with Crippen LogP contribution in [0.5, 0.6) is 0 Å². The van der Waals surface area contributed by atoms with Gasteiger partial charge in [0.25, 0.3) is 11.8 Å². The van der Waals surface area contributed by atoms with E-state index in [9.17, 15) is 23.0 Å². The van der Waals surface area contributed by atoms with Gasteiger partial charge >= 0.3 is 13.4 Å². The van der Waals surface area contributed by atoms with Crippen molar-refractivity contribution in [1.29, 1.82) is 0 Å². The average Bonchev–Trinajstić information content (AvgIpc) is 3.26. The summed E-state index contributed by atoms with van der Waals surface area (Å²) in [6.07, 6.45) is 1.70. The summed E-state index contributed by atoms with van der Waals surface area (Å²) in [5, 5.41) is 0.482. The first kappa shape index (κ1) is 21.7. The lowest BCUT2D eigenvalue weighted by Crippen LogP contribution is -2.32. The number of allylic oxidation sites excluding steroid dienone is 3. The predicted molar refractivity (Wildman–Crippen MR) is 107 cm³/mol. The van der Waals surface area contributed by atoms with Crippen LogP contribution in [-0.4, -0.2) is 40.4 Å². The summed E-state index contributed by atoms with van der Waals surface area (Å²) >= 11 is 0. The lowest BCUT2D eigenvalue weighted by atomic mass is 9.97. The number of hydrogen-bond donors (Lipinski definition) is 0. The van der Waals surface area contributed by atoms with E-state index in [1.54, 1.807) is 26.8 Å². The summed E-state index contributed by atoms with van der Waals surface area (Å²) in [6, 6.07) is 1.66. The van der Waals surface area contributed by atoms with Gasteiger partial charge in [-0.1, -0.05) is 0 Å². The molecule has 1 aromatic rings. The molecule has 0 N–H and O–H groups in total. The molecule has 1 fully saturated rings. The standard InChI is InChI=1S/C20H22BF2N3O4/c1-11-9-13(3)24-19(11)15(20-12(2)10-14(4)25(20)21(22)23)5-8-18(29)30-26-16(27)6-7-17(26)28/h9-10H,5-8H2,1-4H3/b19-15-. The zero-order chi connectivity index (χ0) is 22.2. The fourth-order valence-corrected chi connectivity index (χ4v) is 3.82. The van der Waals surface area contributed by atoms with Gasteiger partial charge in [-0.15, -0.1) is 5.06 Å². The highest BCUT2D eigenvalue weighted by molar-refractivity contribution is 6.41. The predicted octanol–water partition coefficient (Wildman–Crippen LogP) is 3.40. The Balaban J connectivity index is 1.93. The number of nitrogens with zero attached hydrogens (tertiary/aromatic N) is 3. The molecule has 0 unspecified atom stereocenters. The monoisotopic (exact) mass is 417 g/mol. The fraction of sp³-hybridized carbons (Fsp3) is 0.400. The lowest BCUT2D eigenvalue weighted by Gasteiger charge is -2.17. The Hall–Kier alpha value is -3.04. The summed E-state index contributed by atoms with van der Waals surface area (Å²) in [5.74, 6) is -1.93. The van der Waals surface area contributed by atoms with Gasteiger partial charge < -0.3 is 9.32 Å². The number of halogens is 2. The molecule has 0 radical (unpaired) electrons. The number of carbonyl (C=O) groups excluding carboxylic acids is 3. The number of imide groups is 1. The largest absolute Gasteiger partial charge is 0.677 e. The first-order valence-corrected chi connectivity index (χ1v) is 9.60. The molecule has 1 aromatic heterocycles. The van der Waals surface area contributed by atoms with E-state index in [0.29, 0.717) is 33.3 Å². The first-order chi connectivity index (χ1) is 14.1. The van der Waals surface area contributed by atoms with Gasteiger partial charge in [0.1, 0.15) is 0 Å². The number of aryl methyl sites for hydroxylation is 2. The maximum Gasteiger partial charge on any atom is 0.677 e. The Bertz CT molecular complexity index is 1010. The second-order valence-corrected chi connectivity index (χ2v) is 7.42. The highest BCUT2D eigenvalue weighted by Gasteiger charge is 2.33. The van der Waals surface area contributed by atoms with Gasteiger partial charge in [0.2, 0.25) is 0 Å². The van der Waals surface area contributed by atoms with Crippen molar-refractivity contribution in [2.24, 2.45) is 4.99 Å². The van der Waals surface area contributed by atoms with Crippen LogP contribution in [0.2, 0.25) is 0 Å². The Kier molecular flexibility index (Phi) is 6.05. The van der Waals surface area contributed by atoms with E-state index < -0.39 is 25.2 Å². The molecular weight excluding hydrogens is 395 g/mol. The van der Waals surface area contributed by atoms with Crippen molar-refractivity contribution in [2.75, 3.05) is 0 Å². The second kappa shape index (κ2) is 8.37. The van der Waals surface area contributed by atoms with E-state index >= 15 is 0 Å². The molecule has 0 aliphatic carbocycles. The van der Waals surface area contributed by atoms with Gasteiger partial charge in [0, 0.05) is 35.5 Å². The van der Waals surface area contributed by atoms with E-state index in [1.165, 1.54) is 0 Å². The number of carbonyl (C=O) groups is 3. The van der Waals surface area contributed by atoms with Crippen molar-refractivity contribution >= 4 is 36.5 Å². The van der Waals surface area contributed by atoms with Crippen LogP contribution < -0.4 is 0 Å². The van der Waals surface area contributed by atoms with Gasteiger partial charge in [0.15, 0.2) is 0 Å². The number of amides is 2. The molecule has 158 valence electrons. The number of aliphatic imine (C=N–C) groups is 1. The van der Waals surface area contributed by atoms with E-state index in [0.717, 1.165) is 15.8 Å². The van der Waals surface area contributed by atoms with Crippen molar-refractivity contribution in [3.63, 3.8) is 0 Å². The quantitative estimate of drug-likeness (QED) is 0.525. The molecule has 2 amide bonds. The lowest BCUT2D eigenvalue weighted by molar-refractivity contribution is -0.197. The molecule has 0 bridgehead atoms. The zero-order valence-corrected chi connectivity index (χ0v) is 17.3. The molecule has 0 saturated carbocycles. The van der Waals surface area contributed by atoms with E-state index in [2.05, 4.69) is 4.99 Å². The minimum atomic E-state index is -2.76. The summed E-state index contributed by atoms with van der Waals surface area (Å²) in [5.41, 5.74) is 3.91. The first-order valence-electron chi connectivity index (χ1n) is 9.60. The molecule has 7 nitrogen and oxygen atoms in total. The SMILES string of the molecule is CC1=CC(C)=N/C1=C(/CCC(=O)ON1C(=O)CCC1=O)c1c(C)cc(C)n1B(F)F. The Morgan fingerprint density at radius 3 is 2.30 bits per heavy atom. The van der Waals surface area contributed by atoms with Crippen molar-refractivity contribution in [1.82, 2.24) is 9.54 Å². The molecule has 10 heteroatoms. The second-order valence-electron chi connectivity index (χ2n) is 7.42. The molecule has 3 rings (SSSR count). The average molecular weight is 417 g/mol. The van der Waals surface area contributed by atoms with Crippen LogP contribution in [-0.2, 0) is 19.2 Å². The topological polar surface area (TPSA) is 81.0 Å². The normalized spacial score (nSPS) is 18.0. The van der Waals surface area contributed by atoms with Gasteiger partial charge in [-0.2, -0.15) is 0 Å². The summed E-state index contributed by atoms with van der Waals surface area (Å²) in [6.45, 7) is 6.95. The molecule has 0 aromatic carbocycles. The van der Waals surface area contributed by atoms with E-state index in [4.69, 9.17) is 4.84 Å². The molecule has 0 atom stereocenters. The van der Waals surface area contributed by atoms with Gasteiger partial charge in [0.05, 0.1) is 12.1 Å². The van der Waals surface area contributed by atoms with Crippen molar-refractivity contribution in [2.45, 2.75) is 53.4 Å². The molecule has 30 heavy (non-hydrogen) atoms. The molecule has 2 aliphatic heterocycles. The molecule has 3 heterocycles. The zero-order valence-electron chi connectivity index (χ0n) is 17.3. The highest BCUT2D eigenvalue weighted by atomic mass is 19.2. The maximum absolute atomic E-state index is 13.8. The van der Waals surface area contributed by atoms with Crippen molar-refractivity contribution < 1.29 is 27.9 Å². The molecule has 1 saturated heterocycles. The maximum atomic E-state index is 13.8. The van der Waals surface area contributed by atoms with Crippen LogP contribution in [0.3, 0.4) is 0 Å². The summed E-state index contributed by atoms with van der Waals surface area (Å²) < 4.78 is 28.5. The van der Waals surface area contributed by atoms with Crippen LogP contribution in [0.25, 0.3) is 5.57 Å². The van der Waals surface area contributed by atoms with Crippen molar-refractivity contribution in [3.8, 4) is 0 Å². The van der Waals surface area contributed by atoms with Gasteiger partial charge in [-0.25, -0.2) is 4.79 Å². The van der Waals surface area contributed by atoms with E-state index in [-0.39, 0.29) is 25.7 Å². The fourth-order valence-electron chi connectivity index (χ4n) is 3.82. The molecule has 0 spiro atoms.